The summed E-state index contributed by atoms with van der Waals surface area (Å²) in [4.78, 5) is 6.02. The summed E-state index contributed by atoms with van der Waals surface area (Å²) in [6.45, 7) is 6.17. The van der Waals surface area contributed by atoms with Crippen molar-refractivity contribution in [2.75, 3.05) is 0 Å². The van der Waals surface area contributed by atoms with Crippen LogP contribution in [0.3, 0.4) is 0 Å². The van der Waals surface area contributed by atoms with Crippen LogP contribution in [0.4, 0.5) is 5.69 Å². The smallest absolute Gasteiger partial charge is 0.184 e. The van der Waals surface area contributed by atoms with Gasteiger partial charge in [-0.05, 0) is 37.1 Å². The summed E-state index contributed by atoms with van der Waals surface area (Å²) in [5.74, 6) is 0.371. The van der Waals surface area contributed by atoms with Gasteiger partial charge in [-0.15, -0.1) is 0 Å². The minimum atomic E-state index is -1.20. The van der Waals surface area contributed by atoms with Gasteiger partial charge in [0.05, 0.1) is 0 Å². The molecule has 0 aliphatic carbocycles. The summed E-state index contributed by atoms with van der Waals surface area (Å²) in [6, 6.07) is 15.4. The molecule has 3 heteroatoms. The molecule has 0 aliphatic heterocycles. The van der Waals surface area contributed by atoms with Gasteiger partial charge < -0.3 is 4.55 Å². The Morgan fingerprint density at radius 3 is 2.35 bits per heavy atom. The molecule has 2 aromatic carbocycles. The zero-order valence-electron chi connectivity index (χ0n) is 12.0. The molecule has 0 N–H and O–H groups in total. The van der Waals surface area contributed by atoms with Gasteiger partial charge in [0.25, 0.3) is 0 Å². The number of aliphatic imine (C=N–C) groups is 1. The van der Waals surface area contributed by atoms with Crippen LogP contribution in [0.5, 0.6) is 0 Å². The van der Waals surface area contributed by atoms with E-state index in [4.69, 9.17) is 0 Å². The normalized spacial score (nSPS) is 13.1. The summed E-state index contributed by atoms with van der Waals surface area (Å²) < 4.78 is 12.7. The van der Waals surface area contributed by atoms with E-state index in [-0.39, 0.29) is 0 Å². The topological polar surface area (TPSA) is 35.4 Å². The SMILES string of the molecule is Cc1ccc([S+]([O-])c2ccccc2/N=C/C(C)C)cc1. The van der Waals surface area contributed by atoms with E-state index < -0.39 is 11.2 Å². The fourth-order valence-electron chi connectivity index (χ4n) is 1.74. The largest absolute Gasteiger partial charge is 0.606 e. The van der Waals surface area contributed by atoms with E-state index in [2.05, 4.69) is 18.8 Å². The van der Waals surface area contributed by atoms with Crippen LogP contribution in [-0.4, -0.2) is 10.8 Å². The van der Waals surface area contributed by atoms with Crippen molar-refractivity contribution in [2.24, 2.45) is 10.9 Å². The van der Waals surface area contributed by atoms with Gasteiger partial charge in [-0.3, -0.25) is 4.99 Å². The average molecular weight is 285 g/mol. The lowest BCUT2D eigenvalue weighted by atomic mass is 10.2. The number of benzene rings is 2. The molecule has 0 amide bonds. The molecule has 0 bridgehead atoms. The van der Waals surface area contributed by atoms with Gasteiger partial charge in [0.1, 0.15) is 5.69 Å². The number of hydrogen-bond donors (Lipinski definition) is 0. The van der Waals surface area contributed by atoms with E-state index >= 15 is 0 Å². The molecule has 1 unspecified atom stereocenters. The molecule has 2 nitrogen and oxygen atoms in total. The minimum Gasteiger partial charge on any atom is -0.606 e. The van der Waals surface area contributed by atoms with Crippen LogP contribution in [0.2, 0.25) is 0 Å². The van der Waals surface area contributed by atoms with E-state index in [1.807, 2.05) is 61.7 Å². The summed E-state index contributed by atoms with van der Waals surface area (Å²) in [7, 11) is 0. The Labute approximate surface area is 123 Å². The molecule has 2 rings (SSSR count). The lowest BCUT2D eigenvalue weighted by Gasteiger charge is -2.12. The van der Waals surface area contributed by atoms with Crippen LogP contribution in [0.15, 0.2) is 63.3 Å². The number of hydrogen-bond acceptors (Lipinski definition) is 2. The number of rotatable bonds is 4. The second kappa shape index (κ2) is 6.73. The zero-order valence-corrected chi connectivity index (χ0v) is 12.9. The van der Waals surface area contributed by atoms with E-state index in [0.29, 0.717) is 5.92 Å². The minimum absolute atomic E-state index is 0.371. The Balaban J connectivity index is 2.34. The van der Waals surface area contributed by atoms with Crippen LogP contribution in [-0.2, 0) is 11.2 Å². The monoisotopic (exact) mass is 285 g/mol. The fraction of sp³-hybridized carbons (Fsp3) is 0.235. The first-order valence-corrected chi connectivity index (χ1v) is 7.84. The van der Waals surface area contributed by atoms with Crippen LogP contribution < -0.4 is 0 Å². The summed E-state index contributed by atoms with van der Waals surface area (Å²) in [6.07, 6.45) is 1.88. The molecule has 0 saturated heterocycles. The van der Waals surface area contributed by atoms with Crippen molar-refractivity contribution < 1.29 is 4.55 Å². The van der Waals surface area contributed by atoms with Crippen molar-refractivity contribution in [1.82, 2.24) is 0 Å². The highest BCUT2D eigenvalue weighted by molar-refractivity contribution is 7.91. The third-order valence-corrected chi connectivity index (χ3v) is 4.26. The van der Waals surface area contributed by atoms with E-state index in [1.165, 1.54) is 0 Å². The first-order chi connectivity index (χ1) is 9.58. The van der Waals surface area contributed by atoms with Crippen molar-refractivity contribution in [3.05, 3.63) is 54.1 Å². The lowest BCUT2D eigenvalue weighted by molar-refractivity contribution is 0.595. The Morgan fingerprint density at radius 2 is 1.70 bits per heavy atom. The van der Waals surface area contributed by atoms with Gasteiger partial charge in [0.2, 0.25) is 0 Å². The fourth-order valence-corrected chi connectivity index (χ4v) is 2.89. The first kappa shape index (κ1) is 14.8. The third-order valence-electron chi connectivity index (χ3n) is 2.81. The van der Waals surface area contributed by atoms with Crippen LogP contribution >= 0.6 is 0 Å². The van der Waals surface area contributed by atoms with E-state index in [9.17, 15) is 4.55 Å². The third kappa shape index (κ3) is 3.71. The standard InChI is InChI=1S/C17H19NOS/c1-13(2)12-18-16-6-4-5-7-17(16)20(19)15-10-8-14(3)9-11-15/h4-13H,1-3H3/b18-12+. The average Bonchev–Trinajstić information content (AvgIpc) is 2.45. The number of para-hydroxylation sites is 1. The predicted molar refractivity (Wildman–Crippen MR) is 85.3 cm³/mol. The molecule has 0 spiro atoms. The van der Waals surface area contributed by atoms with Crippen LogP contribution in [0.1, 0.15) is 19.4 Å². The van der Waals surface area contributed by atoms with Gasteiger partial charge in [-0.2, -0.15) is 0 Å². The molecular formula is C17H19NOS. The van der Waals surface area contributed by atoms with Crippen molar-refractivity contribution in [1.29, 1.82) is 0 Å². The van der Waals surface area contributed by atoms with Gasteiger partial charge in [0.15, 0.2) is 9.79 Å². The molecular weight excluding hydrogens is 266 g/mol. The van der Waals surface area contributed by atoms with E-state index in [1.54, 1.807) is 0 Å². The Hall–Kier alpha value is -1.58. The Morgan fingerprint density at radius 1 is 1.05 bits per heavy atom. The molecule has 0 radical (unpaired) electrons. The van der Waals surface area contributed by atoms with Gasteiger partial charge in [-0.25, -0.2) is 0 Å². The Kier molecular flexibility index (Phi) is 4.99. The molecule has 1 atom stereocenters. The molecule has 0 fully saturated rings. The van der Waals surface area contributed by atoms with Crippen molar-refractivity contribution in [2.45, 2.75) is 30.6 Å². The second-order valence-electron chi connectivity index (χ2n) is 5.07. The van der Waals surface area contributed by atoms with Gasteiger partial charge in [-0.1, -0.05) is 43.7 Å². The highest BCUT2D eigenvalue weighted by Gasteiger charge is 2.18. The molecule has 0 aromatic heterocycles. The zero-order chi connectivity index (χ0) is 14.5. The lowest BCUT2D eigenvalue weighted by Crippen LogP contribution is -2.02. The molecule has 104 valence electrons. The summed E-state index contributed by atoms with van der Waals surface area (Å²) in [5, 5.41) is 0. The number of aryl methyl sites for hydroxylation is 1. The summed E-state index contributed by atoms with van der Waals surface area (Å²) >= 11 is -1.20. The quantitative estimate of drug-likeness (QED) is 0.601. The maximum atomic E-state index is 12.7. The molecule has 20 heavy (non-hydrogen) atoms. The molecule has 0 heterocycles. The highest BCUT2D eigenvalue weighted by atomic mass is 32.2. The van der Waals surface area contributed by atoms with E-state index in [0.717, 1.165) is 21.0 Å². The van der Waals surface area contributed by atoms with Gasteiger partial charge in [0, 0.05) is 17.4 Å². The molecule has 2 aromatic rings. The summed E-state index contributed by atoms with van der Waals surface area (Å²) in [5.41, 5.74) is 1.94. The van der Waals surface area contributed by atoms with Crippen molar-refractivity contribution in [3.63, 3.8) is 0 Å². The van der Waals surface area contributed by atoms with Crippen LogP contribution in [0.25, 0.3) is 0 Å². The Bertz CT molecular complexity index is 590. The predicted octanol–water partition coefficient (Wildman–Crippen LogP) is 4.52. The first-order valence-electron chi connectivity index (χ1n) is 6.69. The van der Waals surface area contributed by atoms with Gasteiger partial charge >= 0.3 is 0 Å². The molecule has 0 aliphatic rings. The van der Waals surface area contributed by atoms with Crippen LogP contribution in [0, 0.1) is 12.8 Å². The van der Waals surface area contributed by atoms with Crippen molar-refractivity contribution >= 4 is 23.1 Å². The maximum Gasteiger partial charge on any atom is 0.184 e. The van der Waals surface area contributed by atoms with Crippen molar-refractivity contribution in [3.8, 4) is 0 Å². The number of nitrogens with zero attached hydrogens (tertiary/aromatic N) is 1. The molecule has 0 saturated carbocycles. The second-order valence-corrected chi connectivity index (χ2v) is 6.52. The highest BCUT2D eigenvalue weighted by Crippen LogP contribution is 2.29. The maximum absolute atomic E-state index is 12.7.